The summed E-state index contributed by atoms with van der Waals surface area (Å²) in [6, 6.07) is 0. The van der Waals surface area contributed by atoms with E-state index in [1.807, 2.05) is 0 Å². The molecule has 2 aliphatic heterocycles. The third-order valence-corrected chi connectivity index (χ3v) is 4.82. The smallest absolute Gasteiger partial charge is 0.223 e. The summed E-state index contributed by atoms with van der Waals surface area (Å²) in [5, 5.41) is 2.81. The Morgan fingerprint density at radius 3 is 2.69 bits per heavy atom. The Labute approximate surface area is 96.2 Å². The lowest BCUT2D eigenvalue weighted by molar-refractivity contribution is -0.124. The second kappa shape index (κ2) is 4.33. The number of rotatable bonds is 2. The molecule has 0 saturated carbocycles. The van der Waals surface area contributed by atoms with E-state index < -0.39 is 10.0 Å². The van der Waals surface area contributed by atoms with Gasteiger partial charge in [-0.05, 0) is 25.2 Å². The Bertz CT molecular complexity index is 380. The summed E-state index contributed by atoms with van der Waals surface area (Å²) < 4.78 is 24.4. The minimum Gasteiger partial charge on any atom is -0.356 e. The maximum absolute atomic E-state index is 11.6. The Balaban J connectivity index is 2.04. The fourth-order valence-electron chi connectivity index (χ4n) is 2.67. The molecule has 1 N–H and O–H groups in total. The molecule has 0 aromatic carbocycles. The van der Waals surface area contributed by atoms with Crippen LogP contribution in [0.2, 0.25) is 0 Å². The van der Waals surface area contributed by atoms with Gasteiger partial charge < -0.3 is 5.32 Å². The zero-order valence-electron chi connectivity index (χ0n) is 9.48. The molecule has 16 heavy (non-hydrogen) atoms. The predicted molar refractivity (Wildman–Crippen MR) is 60.3 cm³/mol. The molecular weight excluding hydrogens is 228 g/mol. The lowest BCUT2D eigenvalue weighted by Gasteiger charge is -2.33. The first-order valence-corrected chi connectivity index (χ1v) is 7.56. The van der Waals surface area contributed by atoms with Crippen LogP contribution in [0, 0.1) is 11.8 Å². The molecule has 5 nitrogen and oxygen atoms in total. The van der Waals surface area contributed by atoms with Crippen LogP contribution in [-0.2, 0) is 14.8 Å². The van der Waals surface area contributed by atoms with Gasteiger partial charge in [-0.1, -0.05) is 0 Å². The van der Waals surface area contributed by atoms with Crippen molar-refractivity contribution in [2.45, 2.75) is 19.3 Å². The van der Waals surface area contributed by atoms with Gasteiger partial charge in [0.25, 0.3) is 0 Å². The molecule has 2 unspecified atom stereocenters. The molecule has 2 aliphatic rings. The second-order valence-corrected chi connectivity index (χ2v) is 6.69. The van der Waals surface area contributed by atoms with Gasteiger partial charge in [-0.2, -0.15) is 0 Å². The Hall–Kier alpha value is -0.620. The second-order valence-electron chi connectivity index (χ2n) is 4.71. The van der Waals surface area contributed by atoms with Gasteiger partial charge in [-0.25, -0.2) is 12.7 Å². The zero-order chi connectivity index (χ0) is 11.8. The van der Waals surface area contributed by atoms with Gasteiger partial charge in [-0.15, -0.1) is 0 Å². The average molecular weight is 246 g/mol. The number of nitrogens with zero attached hydrogens (tertiary/aromatic N) is 1. The van der Waals surface area contributed by atoms with E-state index in [4.69, 9.17) is 0 Å². The normalized spacial score (nSPS) is 32.7. The number of hydrogen-bond acceptors (Lipinski definition) is 3. The van der Waals surface area contributed by atoms with Crippen LogP contribution in [0.3, 0.4) is 0 Å². The highest BCUT2D eigenvalue weighted by Crippen LogP contribution is 2.29. The minimum absolute atomic E-state index is 0.0181. The van der Waals surface area contributed by atoms with E-state index in [0.717, 1.165) is 25.8 Å². The van der Waals surface area contributed by atoms with Gasteiger partial charge in [0.15, 0.2) is 0 Å². The quantitative estimate of drug-likeness (QED) is 0.733. The highest BCUT2D eigenvalue weighted by molar-refractivity contribution is 7.88. The average Bonchev–Trinajstić information content (AvgIpc) is 2.63. The van der Waals surface area contributed by atoms with Crippen molar-refractivity contribution in [1.82, 2.24) is 9.62 Å². The van der Waals surface area contributed by atoms with Gasteiger partial charge in [0.05, 0.1) is 6.26 Å². The fourth-order valence-corrected chi connectivity index (χ4v) is 3.59. The van der Waals surface area contributed by atoms with Crippen LogP contribution < -0.4 is 5.32 Å². The van der Waals surface area contributed by atoms with E-state index in [-0.39, 0.29) is 17.7 Å². The van der Waals surface area contributed by atoms with Crippen molar-refractivity contribution in [3.8, 4) is 0 Å². The number of amides is 1. The van der Waals surface area contributed by atoms with E-state index in [1.165, 1.54) is 10.6 Å². The summed E-state index contributed by atoms with van der Waals surface area (Å²) in [6.07, 6.45) is 3.91. The minimum atomic E-state index is -3.10. The van der Waals surface area contributed by atoms with E-state index in [9.17, 15) is 13.2 Å². The molecule has 2 fully saturated rings. The number of nitrogens with one attached hydrogen (secondary N) is 1. The van der Waals surface area contributed by atoms with E-state index >= 15 is 0 Å². The monoisotopic (exact) mass is 246 g/mol. The number of hydrogen-bond donors (Lipinski definition) is 1. The number of sulfonamides is 1. The molecule has 0 aromatic rings. The lowest BCUT2D eigenvalue weighted by Crippen LogP contribution is -2.42. The summed E-state index contributed by atoms with van der Waals surface area (Å²) in [5.74, 6) is 0.316. The van der Waals surface area contributed by atoms with Gasteiger partial charge in [0.2, 0.25) is 15.9 Å². The van der Waals surface area contributed by atoms with E-state index in [0.29, 0.717) is 13.1 Å². The Kier molecular flexibility index (Phi) is 3.21. The van der Waals surface area contributed by atoms with Crippen LogP contribution in [0.5, 0.6) is 0 Å². The topological polar surface area (TPSA) is 66.5 Å². The van der Waals surface area contributed by atoms with Crippen LogP contribution in [-0.4, -0.2) is 44.5 Å². The van der Waals surface area contributed by atoms with E-state index in [1.54, 1.807) is 0 Å². The number of piperidine rings is 1. The maximum atomic E-state index is 11.6. The summed E-state index contributed by atoms with van der Waals surface area (Å²) in [4.78, 5) is 11.6. The Morgan fingerprint density at radius 2 is 2.12 bits per heavy atom. The van der Waals surface area contributed by atoms with Crippen molar-refractivity contribution < 1.29 is 13.2 Å². The third-order valence-electron chi connectivity index (χ3n) is 3.55. The SMILES string of the molecule is CS(=O)(=O)N1CCCC(C2CCNC2=O)C1. The number of carbonyl (C=O) groups excluding carboxylic acids is 1. The molecular formula is C10H18N2O3S. The zero-order valence-corrected chi connectivity index (χ0v) is 10.3. The first kappa shape index (κ1) is 11.9. The van der Waals surface area contributed by atoms with Crippen molar-refractivity contribution in [3.05, 3.63) is 0 Å². The first-order valence-electron chi connectivity index (χ1n) is 5.71. The molecule has 92 valence electrons. The lowest BCUT2D eigenvalue weighted by atomic mass is 9.85. The molecule has 0 aliphatic carbocycles. The van der Waals surface area contributed by atoms with Crippen LogP contribution in [0.15, 0.2) is 0 Å². The van der Waals surface area contributed by atoms with Crippen molar-refractivity contribution in [2.24, 2.45) is 11.8 Å². The van der Waals surface area contributed by atoms with Crippen molar-refractivity contribution in [2.75, 3.05) is 25.9 Å². The molecule has 0 radical (unpaired) electrons. The van der Waals surface area contributed by atoms with Gasteiger partial charge >= 0.3 is 0 Å². The standard InChI is InChI=1S/C10H18N2O3S/c1-16(14,15)12-6-2-3-8(7-12)9-4-5-11-10(9)13/h8-9H,2-7H2,1H3,(H,11,13). The summed E-state index contributed by atoms with van der Waals surface area (Å²) >= 11 is 0. The highest BCUT2D eigenvalue weighted by atomic mass is 32.2. The largest absolute Gasteiger partial charge is 0.356 e. The summed E-state index contributed by atoms with van der Waals surface area (Å²) in [7, 11) is -3.10. The van der Waals surface area contributed by atoms with Gasteiger partial charge in [0.1, 0.15) is 0 Å². The predicted octanol–water partition coefficient (Wildman–Crippen LogP) is -0.206. The molecule has 0 bridgehead atoms. The third kappa shape index (κ3) is 2.38. The van der Waals surface area contributed by atoms with Gasteiger partial charge in [0, 0.05) is 25.6 Å². The van der Waals surface area contributed by atoms with Gasteiger partial charge in [-0.3, -0.25) is 4.79 Å². The highest BCUT2D eigenvalue weighted by Gasteiger charge is 2.36. The fraction of sp³-hybridized carbons (Fsp3) is 0.900. The first-order chi connectivity index (χ1) is 7.48. The molecule has 1 amide bonds. The molecule has 0 spiro atoms. The van der Waals surface area contributed by atoms with E-state index in [2.05, 4.69) is 5.32 Å². The maximum Gasteiger partial charge on any atom is 0.223 e. The molecule has 2 atom stereocenters. The molecule has 0 aromatic heterocycles. The van der Waals surface area contributed by atoms with Crippen LogP contribution >= 0.6 is 0 Å². The molecule has 2 rings (SSSR count). The van der Waals surface area contributed by atoms with Crippen molar-refractivity contribution >= 4 is 15.9 Å². The van der Waals surface area contributed by atoms with Crippen LogP contribution in [0.1, 0.15) is 19.3 Å². The molecule has 2 saturated heterocycles. The molecule has 6 heteroatoms. The number of carbonyl (C=O) groups is 1. The summed E-state index contributed by atoms with van der Waals surface area (Å²) in [6.45, 7) is 1.85. The van der Waals surface area contributed by atoms with Crippen molar-refractivity contribution in [1.29, 1.82) is 0 Å². The molecule has 2 heterocycles. The van der Waals surface area contributed by atoms with Crippen molar-refractivity contribution in [3.63, 3.8) is 0 Å². The van der Waals surface area contributed by atoms with Crippen LogP contribution in [0.4, 0.5) is 0 Å². The van der Waals surface area contributed by atoms with Crippen LogP contribution in [0.25, 0.3) is 0 Å². The Morgan fingerprint density at radius 1 is 1.38 bits per heavy atom. The summed E-state index contributed by atoms with van der Waals surface area (Å²) in [5.41, 5.74) is 0.